The summed E-state index contributed by atoms with van der Waals surface area (Å²) in [6.07, 6.45) is 15.0. The molecule has 0 aliphatic heterocycles. The van der Waals surface area contributed by atoms with Crippen LogP contribution in [0.25, 0.3) is 0 Å². The summed E-state index contributed by atoms with van der Waals surface area (Å²) in [7, 11) is -2.58. The van der Waals surface area contributed by atoms with E-state index in [1.165, 1.54) is 77.0 Å². The molecule has 0 aromatic carbocycles. The highest BCUT2D eigenvalue weighted by Gasteiger charge is 2.63. The van der Waals surface area contributed by atoms with Crippen molar-refractivity contribution < 1.29 is 4.80 Å². The van der Waals surface area contributed by atoms with Gasteiger partial charge in [0.05, 0.1) is 0 Å². The molecule has 0 aromatic heterocycles. The van der Waals surface area contributed by atoms with Gasteiger partial charge in [-0.05, 0) is 34.4 Å². The molecule has 26 heavy (non-hydrogen) atoms. The van der Waals surface area contributed by atoms with Crippen LogP contribution in [0, 0.1) is 0 Å². The van der Waals surface area contributed by atoms with Gasteiger partial charge in [0.25, 0.3) is 0 Å². The first-order valence-electron chi connectivity index (χ1n) is 11.7. The summed E-state index contributed by atoms with van der Waals surface area (Å²) in [6.45, 7) is 21.2. The van der Waals surface area contributed by atoms with Gasteiger partial charge in [-0.3, -0.25) is 0 Å². The van der Waals surface area contributed by atoms with Gasteiger partial charge in [0.2, 0.25) is 8.32 Å². The zero-order chi connectivity index (χ0) is 20.5. The Balaban J connectivity index is 5.74. The van der Waals surface area contributed by atoms with Gasteiger partial charge >= 0.3 is 0 Å². The lowest BCUT2D eigenvalue weighted by Crippen LogP contribution is -2.61. The van der Waals surface area contributed by atoms with Crippen LogP contribution in [-0.2, 0) is 0 Å². The fourth-order valence-corrected chi connectivity index (χ4v) is 12.9. The van der Waals surface area contributed by atoms with Crippen LogP contribution in [0.1, 0.15) is 139 Å². The fourth-order valence-electron chi connectivity index (χ4n) is 5.74. The first-order valence-corrected chi connectivity index (χ1v) is 13.6. The van der Waals surface area contributed by atoms with Gasteiger partial charge in [-0.1, -0.05) is 120 Å². The number of hydrogen-bond acceptors (Lipinski definition) is 1. The summed E-state index contributed by atoms with van der Waals surface area (Å²) in [6, 6.07) is 0. The molecular formula is C24H52OSi. The number of hydrogen-bond donors (Lipinski definition) is 1. The highest BCUT2D eigenvalue weighted by Crippen LogP contribution is 2.65. The molecule has 0 bridgehead atoms. The van der Waals surface area contributed by atoms with Gasteiger partial charge in [0, 0.05) is 0 Å². The minimum Gasteiger partial charge on any atom is -0.430 e. The normalized spacial score (nSPS) is 14.1. The molecule has 158 valence electrons. The summed E-state index contributed by atoms with van der Waals surface area (Å²) in [5.41, 5.74) is 0. The van der Waals surface area contributed by atoms with Crippen LogP contribution in [0.15, 0.2) is 0 Å². The fraction of sp³-hybridized carbons (Fsp3) is 1.00. The van der Waals surface area contributed by atoms with Gasteiger partial charge < -0.3 is 4.80 Å². The maximum atomic E-state index is 12.6. The smallest absolute Gasteiger partial charge is 0.205 e. The Morgan fingerprint density at radius 1 is 0.500 bits per heavy atom. The third kappa shape index (κ3) is 6.36. The quantitative estimate of drug-likeness (QED) is 0.220. The lowest BCUT2D eigenvalue weighted by atomic mass is 10.0. The Labute approximate surface area is 167 Å². The summed E-state index contributed by atoms with van der Waals surface area (Å²) in [5.74, 6) is 0. The van der Waals surface area contributed by atoms with Gasteiger partial charge in [0.15, 0.2) is 0 Å². The topological polar surface area (TPSA) is 20.2 Å². The van der Waals surface area contributed by atoms with Gasteiger partial charge in [-0.2, -0.15) is 0 Å². The van der Waals surface area contributed by atoms with E-state index in [1.54, 1.807) is 0 Å². The third-order valence-corrected chi connectivity index (χ3v) is 13.8. The highest BCUT2D eigenvalue weighted by molar-refractivity contribution is 6.81. The van der Waals surface area contributed by atoms with Crippen LogP contribution in [0.2, 0.25) is 15.1 Å². The molecule has 0 saturated carbocycles. The maximum absolute atomic E-state index is 12.6. The molecule has 1 N–H and O–H groups in total. The van der Waals surface area contributed by atoms with E-state index in [9.17, 15) is 4.80 Å². The zero-order valence-electron chi connectivity index (χ0n) is 19.9. The Kier molecular flexibility index (Phi) is 11.3. The van der Waals surface area contributed by atoms with E-state index in [4.69, 9.17) is 0 Å². The minimum atomic E-state index is -2.58. The summed E-state index contributed by atoms with van der Waals surface area (Å²) < 4.78 is 0. The number of rotatable bonds is 15. The van der Waals surface area contributed by atoms with Crippen molar-refractivity contribution >= 4 is 8.32 Å². The lowest BCUT2D eigenvalue weighted by Gasteiger charge is -2.58. The van der Waals surface area contributed by atoms with Gasteiger partial charge in [0.1, 0.15) is 0 Å². The van der Waals surface area contributed by atoms with Crippen LogP contribution in [0.4, 0.5) is 0 Å². The zero-order valence-corrected chi connectivity index (χ0v) is 20.9. The van der Waals surface area contributed by atoms with E-state index in [2.05, 4.69) is 62.3 Å². The van der Waals surface area contributed by atoms with Crippen molar-refractivity contribution in [3.63, 3.8) is 0 Å². The summed E-state index contributed by atoms with van der Waals surface area (Å²) in [4.78, 5) is 12.6. The molecule has 0 amide bonds. The largest absolute Gasteiger partial charge is 0.430 e. The number of unbranched alkanes of at least 4 members (excludes halogenated alkanes) is 6. The molecule has 2 heteroatoms. The third-order valence-electron chi connectivity index (χ3n) is 7.15. The molecule has 0 fully saturated rings. The molecule has 0 aliphatic rings. The molecule has 0 atom stereocenters. The SMILES string of the molecule is CCCCCC(C)(C)[Si](O)(C(C)(C)CCCCC)C(C)(C)CCCCC. The Morgan fingerprint density at radius 2 is 0.731 bits per heavy atom. The maximum Gasteiger partial charge on any atom is 0.205 e. The molecular weight excluding hydrogens is 332 g/mol. The van der Waals surface area contributed by atoms with Crippen molar-refractivity contribution in [3.05, 3.63) is 0 Å². The second-order valence-corrected chi connectivity index (χ2v) is 16.2. The monoisotopic (exact) mass is 384 g/mol. The minimum absolute atomic E-state index is 0.0631. The van der Waals surface area contributed by atoms with Crippen LogP contribution in [-0.4, -0.2) is 13.1 Å². The van der Waals surface area contributed by atoms with E-state index < -0.39 is 8.32 Å². The van der Waals surface area contributed by atoms with E-state index in [0.29, 0.717) is 0 Å². The second-order valence-electron chi connectivity index (χ2n) is 10.7. The van der Waals surface area contributed by atoms with Crippen molar-refractivity contribution in [1.29, 1.82) is 0 Å². The Hall–Kier alpha value is 0.177. The van der Waals surface area contributed by atoms with Crippen molar-refractivity contribution in [2.75, 3.05) is 0 Å². The standard InChI is InChI=1S/C24H52OSi/c1-10-13-16-19-22(4,5)26(25,23(6,7)20-17-14-11-2)24(8,9)21-18-15-12-3/h25H,10-21H2,1-9H3. The van der Waals surface area contributed by atoms with E-state index in [-0.39, 0.29) is 15.1 Å². The molecule has 0 aromatic rings. The molecule has 0 saturated heterocycles. The average Bonchev–Trinajstić information content (AvgIpc) is 2.54. The Morgan fingerprint density at radius 3 is 0.923 bits per heavy atom. The Bertz CT molecular complexity index is 315. The first kappa shape index (κ1) is 26.2. The van der Waals surface area contributed by atoms with Crippen molar-refractivity contribution in [1.82, 2.24) is 0 Å². The molecule has 0 heterocycles. The molecule has 0 spiro atoms. The highest BCUT2D eigenvalue weighted by atomic mass is 28.4. The summed E-state index contributed by atoms with van der Waals surface area (Å²) in [5, 5.41) is 0.189. The predicted octanol–water partition coefficient (Wildman–Crippen LogP) is 9.01. The van der Waals surface area contributed by atoms with Crippen molar-refractivity contribution in [2.24, 2.45) is 0 Å². The van der Waals surface area contributed by atoms with Crippen molar-refractivity contribution in [2.45, 2.75) is 154 Å². The molecule has 0 aliphatic carbocycles. The first-order chi connectivity index (χ1) is 11.9. The summed E-state index contributed by atoms with van der Waals surface area (Å²) >= 11 is 0. The van der Waals surface area contributed by atoms with Crippen molar-refractivity contribution in [3.8, 4) is 0 Å². The van der Waals surface area contributed by atoms with Crippen LogP contribution >= 0.6 is 0 Å². The predicted molar refractivity (Wildman–Crippen MR) is 123 cm³/mol. The van der Waals surface area contributed by atoms with E-state index in [0.717, 1.165) is 0 Å². The van der Waals surface area contributed by atoms with Crippen LogP contribution < -0.4 is 0 Å². The van der Waals surface area contributed by atoms with E-state index in [1.807, 2.05) is 0 Å². The van der Waals surface area contributed by atoms with Crippen LogP contribution in [0.3, 0.4) is 0 Å². The van der Waals surface area contributed by atoms with Crippen LogP contribution in [0.5, 0.6) is 0 Å². The molecule has 0 rings (SSSR count). The van der Waals surface area contributed by atoms with Gasteiger partial charge in [-0.15, -0.1) is 0 Å². The molecule has 1 nitrogen and oxygen atoms in total. The second kappa shape index (κ2) is 11.2. The average molecular weight is 385 g/mol. The lowest BCUT2D eigenvalue weighted by molar-refractivity contribution is 0.302. The van der Waals surface area contributed by atoms with Gasteiger partial charge in [-0.25, -0.2) is 0 Å². The molecule has 0 radical (unpaired) electrons. The van der Waals surface area contributed by atoms with E-state index >= 15 is 0 Å². The molecule has 0 unspecified atom stereocenters.